The summed E-state index contributed by atoms with van der Waals surface area (Å²) in [7, 11) is 0. The van der Waals surface area contributed by atoms with E-state index in [4.69, 9.17) is 0 Å². The fourth-order valence-corrected chi connectivity index (χ4v) is 2.84. The third kappa shape index (κ3) is 3.97. The molecule has 9 heteroatoms. The van der Waals surface area contributed by atoms with E-state index in [1.54, 1.807) is 35.6 Å². The van der Waals surface area contributed by atoms with Crippen molar-refractivity contribution < 1.29 is 4.79 Å². The number of hydrogen-bond acceptors (Lipinski definition) is 7. The second-order valence-corrected chi connectivity index (χ2v) is 6.02. The molecule has 3 aromatic rings. The summed E-state index contributed by atoms with van der Waals surface area (Å²) in [4.78, 5) is 24.2. The molecule has 0 atom stereocenters. The van der Waals surface area contributed by atoms with Gasteiger partial charge in [-0.05, 0) is 29.8 Å². The standard InChI is InChI=1S/C18H18N8O/c27-18(6-3-15-2-1-7-19-12-15)25-10-8-24(9-11-25)16-4-5-17(23-22-16)26-14-20-13-21-26/h1-7,12-14H,8-11H2. The van der Waals surface area contributed by atoms with Crippen LogP contribution in [0.15, 0.2) is 55.4 Å². The van der Waals surface area contributed by atoms with Crippen molar-refractivity contribution in [3.8, 4) is 5.82 Å². The molecule has 0 spiro atoms. The first kappa shape index (κ1) is 16.8. The van der Waals surface area contributed by atoms with Crippen LogP contribution in [0.3, 0.4) is 0 Å². The largest absolute Gasteiger partial charge is 0.352 e. The number of aromatic nitrogens is 6. The number of rotatable bonds is 4. The Morgan fingerprint density at radius 2 is 1.81 bits per heavy atom. The smallest absolute Gasteiger partial charge is 0.246 e. The maximum absolute atomic E-state index is 12.3. The maximum Gasteiger partial charge on any atom is 0.246 e. The molecule has 1 fully saturated rings. The van der Waals surface area contributed by atoms with Gasteiger partial charge >= 0.3 is 0 Å². The van der Waals surface area contributed by atoms with Gasteiger partial charge in [0.2, 0.25) is 5.91 Å². The Bertz CT molecular complexity index is 900. The Labute approximate surface area is 156 Å². The summed E-state index contributed by atoms with van der Waals surface area (Å²) in [6.45, 7) is 2.71. The molecule has 3 aromatic heterocycles. The monoisotopic (exact) mass is 362 g/mol. The van der Waals surface area contributed by atoms with E-state index in [1.807, 2.05) is 29.2 Å². The van der Waals surface area contributed by atoms with Gasteiger partial charge < -0.3 is 9.80 Å². The molecule has 0 bridgehead atoms. The van der Waals surface area contributed by atoms with Gasteiger partial charge in [0, 0.05) is 44.6 Å². The predicted molar refractivity (Wildman–Crippen MR) is 99.0 cm³/mol. The van der Waals surface area contributed by atoms with E-state index in [0.29, 0.717) is 32.0 Å². The van der Waals surface area contributed by atoms with Gasteiger partial charge in [-0.1, -0.05) is 6.07 Å². The summed E-state index contributed by atoms with van der Waals surface area (Å²) < 4.78 is 1.56. The molecule has 4 rings (SSSR count). The summed E-state index contributed by atoms with van der Waals surface area (Å²) in [5.74, 6) is 1.41. The van der Waals surface area contributed by atoms with Crippen LogP contribution in [0.1, 0.15) is 5.56 Å². The third-order valence-electron chi connectivity index (χ3n) is 4.31. The Morgan fingerprint density at radius 1 is 1.00 bits per heavy atom. The number of amides is 1. The molecule has 0 N–H and O–H groups in total. The van der Waals surface area contributed by atoms with Crippen molar-refractivity contribution >= 4 is 17.8 Å². The summed E-state index contributed by atoms with van der Waals surface area (Å²) >= 11 is 0. The lowest BCUT2D eigenvalue weighted by Crippen LogP contribution is -2.48. The zero-order valence-corrected chi connectivity index (χ0v) is 14.6. The number of nitrogens with zero attached hydrogens (tertiary/aromatic N) is 8. The van der Waals surface area contributed by atoms with Gasteiger partial charge in [0.1, 0.15) is 12.7 Å². The summed E-state index contributed by atoms with van der Waals surface area (Å²) in [6.07, 6.45) is 9.85. The summed E-state index contributed by atoms with van der Waals surface area (Å²) in [5, 5.41) is 12.5. The highest BCUT2D eigenvalue weighted by molar-refractivity contribution is 5.91. The van der Waals surface area contributed by atoms with Crippen molar-refractivity contribution in [1.29, 1.82) is 0 Å². The van der Waals surface area contributed by atoms with Crippen LogP contribution in [-0.4, -0.2) is 66.9 Å². The SMILES string of the molecule is O=C(C=Cc1cccnc1)N1CCN(c2ccc(-n3cncn3)nn2)CC1. The van der Waals surface area contributed by atoms with Gasteiger partial charge in [0.25, 0.3) is 0 Å². The molecular weight excluding hydrogens is 344 g/mol. The van der Waals surface area contributed by atoms with E-state index in [2.05, 4.69) is 30.2 Å². The minimum Gasteiger partial charge on any atom is -0.352 e. The highest BCUT2D eigenvalue weighted by atomic mass is 16.2. The van der Waals surface area contributed by atoms with Crippen molar-refractivity contribution in [1.82, 2.24) is 34.8 Å². The van der Waals surface area contributed by atoms with Crippen LogP contribution in [0.2, 0.25) is 0 Å². The van der Waals surface area contributed by atoms with Crippen LogP contribution < -0.4 is 4.90 Å². The van der Waals surface area contributed by atoms with Gasteiger partial charge in [-0.15, -0.1) is 10.2 Å². The first-order chi connectivity index (χ1) is 13.3. The van der Waals surface area contributed by atoms with Crippen LogP contribution in [0.25, 0.3) is 11.9 Å². The molecule has 1 amide bonds. The highest BCUT2D eigenvalue weighted by Crippen LogP contribution is 2.14. The van der Waals surface area contributed by atoms with Crippen LogP contribution in [0.5, 0.6) is 0 Å². The molecule has 0 radical (unpaired) electrons. The van der Waals surface area contributed by atoms with Gasteiger partial charge in [-0.25, -0.2) is 9.67 Å². The minimum absolute atomic E-state index is 0.00566. The zero-order chi connectivity index (χ0) is 18.5. The number of piperazine rings is 1. The van der Waals surface area contributed by atoms with Gasteiger partial charge in [0.15, 0.2) is 11.6 Å². The van der Waals surface area contributed by atoms with Crippen LogP contribution in [-0.2, 0) is 4.79 Å². The van der Waals surface area contributed by atoms with Crippen LogP contribution in [0, 0.1) is 0 Å². The molecular formula is C18H18N8O. The number of carbonyl (C=O) groups is 1. The highest BCUT2D eigenvalue weighted by Gasteiger charge is 2.20. The fraction of sp³-hybridized carbons (Fsp3) is 0.222. The van der Waals surface area contributed by atoms with Crippen LogP contribution in [0.4, 0.5) is 5.82 Å². The quantitative estimate of drug-likeness (QED) is 0.634. The summed E-state index contributed by atoms with van der Waals surface area (Å²) in [6, 6.07) is 7.52. The Kier molecular flexibility index (Phi) is 4.82. The maximum atomic E-state index is 12.3. The molecule has 136 valence electrons. The van der Waals surface area contributed by atoms with Crippen molar-refractivity contribution in [2.24, 2.45) is 0 Å². The topological polar surface area (TPSA) is 92.9 Å². The van der Waals surface area contributed by atoms with Crippen molar-refractivity contribution in [3.63, 3.8) is 0 Å². The van der Waals surface area contributed by atoms with E-state index in [0.717, 1.165) is 11.4 Å². The van der Waals surface area contributed by atoms with Crippen molar-refractivity contribution in [2.75, 3.05) is 31.1 Å². The Hall–Kier alpha value is -3.62. The van der Waals surface area contributed by atoms with Crippen molar-refractivity contribution in [2.45, 2.75) is 0 Å². The first-order valence-corrected chi connectivity index (χ1v) is 8.60. The number of carbonyl (C=O) groups excluding carboxylic acids is 1. The average molecular weight is 362 g/mol. The molecule has 27 heavy (non-hydrogen) atoms. The molecule has 4 heterocycles. The normalized spacial score (nSPS) is 14.7. The van der Waals surface area contributed by atoms with Gasteiger partial charge in [-0.2, -0.15) is 5.10 Å². The Balaban J connectivity index is 1.33. The number of pyridine rings is 1. The minimum atomic E-state index is 0.00566. The Morgan fingerprint density at radius 3 is 2.48 bits per heavy atom. The van der Waals surface area contributed by atoms with Gasteiger partial charge in [0.05, 0.1) is 0 Å². The van der Waals surface area contributed by atoms with E-state index >= 15 is 0 Å². The van der Waals surface area contributed by atoms with E-state index in [-0.39, 0.29) is 5.91 Å². The molecule has 1 saturated heterocycles. The second kappa shape index (κ2) is 7.73. The molecule has 0 saturated carbocycles. The van der Waals surface area contributed by atoms with E-state index < -0.39 is 0 Å². The fourth-order valence-electron chi connectivity index (χ4n) is 2.84. The number of hydrogen-bond donors (Lipinski definition) is 0. The average Bonchev–Trinajstić information content (AvgIpc) is 3.28. The lowest BCUT2D eigenvalue weighted by atomic mass is 10.2. The van der Waals surface area contributed by atoms with Crippen molar-refractivity contribution in [3.05, 3.63) is 61.0 Å². The predicted octanol–water partition coefficient (Wildman–Crippen LogP) is 0.814. The van der Waals surface area contributed by atoms with E-state index in [1.165, 1.54) is 6.33 Å². The van der Waals surface area contributed by atoms with Crippen LogP contribution >= 0.6 is 0 Å². The van der Waals surface area contributed by atoms with Gasteiger partial charge in [-0.3, -0.25) is 9.78 Å². The van der Waals surface area contributed by atoms with E-state index in [9.17, 15) is 4.79 Å². The molecule has 1 aliphatic heterocycles. The molecule has 0 aliphatic carbocycles. The molecule has 9 nitrogen and oxygen atoms in total. The third-order valence-corrected chi connectivity index (χ3v) is 4.31. The lowest BCUT2D eigenvalue weighted by molar-refractivity contribution is -0.126. The second-order valence-electron chi connectivity index (χ2n) is 6.02. The molecule has 0 aromatic carbocycles. The molecule has 1 aliphatic rings. The zero-order valence-electron chi connectivity index (χ0n) is 14.6. The lowest BCUT2D eigenvalue weighted by Gasteiger charge is -2.34. The summed E-state index contributed by atoms with van der Waals surface area (Å²) in [5.41, 5.74) is 0.909. The number of anilines is 1. The molecule has 0 unspecified atom stereocenters. The first-order valence-electron chi connectivity index (χ1n) is 8.60.